The molecule has 3 aromatic rings. The summed E-state index contributed by atoms with van der Waals surface area (Å²) in [5, 5.41) is 17.2. The van der Waals surface area contributed by atoms with Crippen molar-refractivity contribution < 1.29 is 41.1 Å². The van der Waals surface area contributed by atoms with E-state index in [0.717, 1.165) is 11.1 Å². The number of thioether (sulfide) groups is 1. The lowest BCUT2D eigenvalue weighted by atomic mass is 9.98. The van der Waals surface area contributed by atoms with Crippen molar-refractivity contribution in [1.29, 1.82) is 0 Å². The van der Waals surface area contributed by atoms with Crippen molar-refractivity contribution in [2.24, 2.45) is 10.9 Å². The Morgan fingerprint density at radius 2 is 1.33 bits per heavy atom. The SMILES string of the molecule is C=C(C)C(=O)NCCCCCC(=O)Nc1[nH]c(C=C2N=C(NC(=O)CCCCSCCC(=O)O)C(S(=O)(=O)c3ccc(C)cc3)=C2C(C)C)c(C(C)C)c1S(=O)(=O)c1ccc(C)cc1. The van der Waals surface area contributed by atoms with Gasteiger partial charge >= 0.3 is 5.97 Å². The number of aliphatic imine (C=N–C) groups is 1. The number of unbranched alkanes of at least 4 members (excludes halogenated alkanes) is 3. The highest BCUT2D eigenvalue weighted by molar-refractivity contribution is 7.99. The number of H-pyrrole nitrogens is 1. The van der Waals surface area contributed by atoms with Crippen LogP contribution in [0.5, 0.6) is 0 Å². The van der Waals surface area contributed by atoms with Gasteiger partial charge in [0.2, 0.25) is 37.4 Å². The number of nitrogens with zero attached hydrogens (tertiary/aromatic N) is 1. The number of anilines is 1. The number of aryl methyl sites for hydroxylation is 2. The molecule has 0 aliphatic carbocycles. The molecule has 0 radical (unpaired) electrons. The van der Waals surface area contributed by atoms with E-state index in [4.69, 9.17) is 10.1 Å². The monoisotopic (exact) mass is 935 g/mol. The first kappa shape index (κ1) is 51.4. The molecule has 1 aromatic heterocycles. The number of amidine groups is 1. The van der Waals surface area contributed by atoms with Crippen molar-refractivity contribution >= 4 is 72.9 Å². The van der Waals surface area contributed by atoms with E-state index in [1.54, 1.807) is 37.3 Å². The quantitative estimate of drug-likeness (QED) is 0.0451. The number of carboxylic acid groups (broad SMARTS) is 1. The van der Waals surface area contributed by atoms with Gasteiger partial charge in [-0.1, -0.05) is 76.1 Å². The summed E-state index contributed by atoms with van der Waals surface area (Å²) in [6.07, 6.45) is 4.60. The lowest BCUT2D eigenvalue weighted by Gasteiger charge is -2.15. The zero-order valence-electron chi connectivity index (χ0n) is 37.7. The summed E-state index contributed by atoms with van der Waals surface area (Å²) in [6, 6.07) is 12.8. The predicted molar refractivity (Wildman–Crippen MR) is 254 cm³/mol. The molecule has 1 aliphatic heterocycles. The van der Waals surface area contributed by atoms with E-state index in [9.17, 15) is 36.0 Å². The van der Waals surface area contributed by atoms with E-state index in [0.29, 0.717) is 66.9 Å². The third-order valence-electron chi connectivity index (χ3n) is 10.3. The Hall–Kier alpha value is -5.26. The zero-order valence-corrected chi connectivity index (χ0v) is 40.2. The molecule has 2 heterocycles. The van der Waals surface area contributed by atoms with Crippen LogP contribution in [0.1, 0.15) is 114 Å². The fourth-order valence-electron chi connectivity index (χ4n) is 6.97. The van der Waals surface area contributed by atoms with Crippen LogP contribution in [0.15, 0.2) is 96.5 Å². The third-order valence-corrected chi connectivity index (χ3v) is 15.1. The van der Waals surface area contributed by atoms with Crippen molar-refractivity contribution in [3.05, 3.63) is 99.2 Å². The number of nitrogens with one attached hydrogen (secondary N) is 4. The number of rotatable bonds is 23. The maximum atomic E-state index is 14.6. The Kier molecular flexibility index (Phi) is 18.5. The van der Waals surface area contributed by atoms with Crippen LogP contribution in [-0.4, -0.2) is 74.5 Å². The number of hydrogen-bond acceptors (Lipinski definition) is 10. The second kappa shape index (κ2) is 23.1. The summed E-state index contributed by atoms with van der Waals surface area (Å²) < 4.78 is 58.5. The number of aromatic amines is 1. The minimum Gasteiger partial charge on any atom is -0.481 e. The van der Waals surface area contributed by atoms with Crippen molar-refractivity contribution in [2.75, 3.05) is 23.4 Å². The van der Waals surface area contributed by atoms with Gasteiger partial charge in [-0.25, -0.2) is 21.8 Å². The highest BCUT2D eigenvalue weighted by Gasteiger charge is 2.38. The van der Waals surface area contributed by atoms with Crippen LogP contribution in [0.3, 0.4) is 0 Å². The predicted octanol–water partition coefficient (Wildman–Crippen LogP) is 8.41. The van der Waals surface area contributed by atoms with Gasteiger partial charge in [-0.2, -0.15) is 11.8 Å². The molecule has 0 atom stereocenters. The second-order valence-corrected chi connectivity index (χ2v) is 21.5. The van der Waals surface area contributed by atoms with Crippen molar-refractivity contribution in [1.82, 2.24) is 15.6 Å². The maximum Gasteiger partial charge on any atom is 0.304 e. The highest BCUT2D eigenvalue weighted by Crippen LogP contribution is 2.42. The topological polar surface area (TPSA) is 221 Å². The second-order valence-electron chi connectivity index (χ2n) is 16.5. The van der Waals surface area contributed by atoms with Gasteiger partial charge in [0.05, 0.1) is 21.9 Å². The Morgan fingerprint density at radius 3 is 1.88 bits per heavy atom. The number of hydrogen-bond donors (Lipinski definition) is 5. The largest absolute Gasteiger partial charge is 0.481 e. The molecular formula is C47H61N5O9S3. The van der Waals surface area contributed by atoms with Crippen LogP contribution in [0.25, 0.3) is 6.08 Å². The van der Waals surface area contributed by atoms with Crippen LogP contribution in [0, 0.1) is 19.8 Å². The molecule has 4 rings (SSSR count). The minimum atomic E-state index is -4.29. The van der Waals surface area contributed by atoms with Crippen LogP contribution < -0.4 is 16.0 Å². The number of allylic oxidation sites excluding steroid dienone is 1. The molecule has 0 saturated heterocycles. The Labute approximate surface area is 381 Å². The van der Waals surface area contributed by atoms with Crippen molar-refractivity contribution in [3.63, 3.8) is 0 Å². The first-order chi connectivity index (χ1) is 30.1. The molecule has 3 amide bonds. The first-order valence-corrected chi connectivity index (χ1v) is 25.5. The molecule has 0 spiro atoms. The van der Waals surface area contributed by atoms with E-state index in [-0.39, 0.29) is 67.8 Å². The normalized spacial score (nSPS) is 13.7. The smallest absolute Gasteiger partial charge is 0.304 e. The van der Waals surface area contributed by atoms with Crippen molar-refractivity contribution in [2.45, 2.75) is 120 Å². The number of aliphatic carboxylic acids is 1. The molecule has 5 N–H and O–H groups in total. The van der Waals surface area contributed by atoms with Gasteiger partial charge in [0, 0.05) is 47.5 Å². The summed E-state index contributed by atoms with van der Waals surface area (Å²) in [4.78, 5) is 57.3. The van der Waals surface area contributed by atoms with E-state index in [1.807, 2.05) is 41.5 Å². The van der Waals surface area contributed by atoms with Gasteiger partial charge in [0.15, 0.2) is 5.84 Å². The average Bonchev–Trinajstić information content (AvgIpc) is 3.77. The summed E-state index contributed by atoms with van der Waals surface area (Å²) in [5.41, 5.74) is 3.22. The van der Waals surface area contributed by atoms with E-state index in [2.05, 4.69) is 27.5 Å². The molecule has 0 fully saturated rings. The number of carboxylic acids is 1. The molecule has 14 nitrogen and oxygen atoms in total. The third kappa shape index (κ3) is 13.6. The molecule has 0 bridgehead atoms. The number of sulfone groups is 2. The highest BCUT2D eigenvalue weighted by atomic mass is 32.2. The Balaban J connectivity index is 1.81. The van der Waals surface area contributed by atoms with Gasteiger partial charge in [0.1, 0.15) is 15.6 Å². The van der Waals surface area contributed by atoms with Crippen LogP contribution in [-0.2, 0) is 38.9 Å². The average molecular weight is 936 g/mol. The van der Waals surface area contributed by atoms with Gasteiger partial charge in [-0.05, 0) is 94.4 Å². The fraction of sp³-hybridized carbons (Fsp3) is 0.426. The number of amides is 3. The summed E-state index contributed by atoms with van der Waals surface area (Å²) >= 11 is 1.48. The first-order valence-electron chi connectivity index (χ1n) is 21.4. The summed E-state index contributed by atoms with van der Waals surface area (Å²) in [5.74, 6) is -1.97. The number of aromatic nitrogens is 1. The van der Waals surface area contributed by atoms with Crippen LogP contribution in [0.2, 0.25) is 0 Å². The van der Waals surface area contributed by atoms with Crippen LogP contribution in [0.4, 0.5) is 5.82 Å². The van der Waals surface area contributed by atoms with E-state index in [1.165, 1.54) is 36.0 Å². The fourth-order valence-corrected chi connectivity index (χ4v) is 11.3. The zero-order chi connectivity index (χ0) is 47.4. The lowest BCUT2D eigenvalue weighted by Crippen LogP contribution is -2.33. The van der Waals surface area contributed by atoms with Crippen molar-refractivity contribution in [3.8, 4) is 0 Å². The molecule has 2 aromatic carbocycles. The van der Waals surface area contributed by atoms with E-state index < -0.39 is 49.3 Å². The Bertz CT molecular complexity index is 2530. The van der Waals surface area contributed by atoms with Gasteiger partial charge in [-0.15, -0.1) is 0 Å². The molecule has 1 aliphatic rings. The lowest BCUT2D eigenvalue weighted by molar-refractivity contribution is -0.136. The standard InChI is InChI=1S/C47H61N5O9S3/c1-29(2)41-36(49-45(43(41)63(58,59)34-20-16-32(7)17-21-34)51-38(53)14-10-9-12-25-48-47(57)31(5)6)28-37-42(30(3)4)44(64(60,61)35-22-18-33(8)19-23-35)46(50-37)52-39(54)15-11-13-26-62-27-24-40(55)56/h16-23,28-30,49H,5,9-15,24-27H2,1-4,6-8H3,(H,48,57)(H,51,53)(H,55,56)(H,50,52,54). The van der Waals surface area contributed by atoms with Gasteiger partial charge in [-0.3, -0.25) is 19.2 Å². The number of carbonyl (C=O) groups excluding carboxylic acids is 3. The molecule has 17 heteroatoms. The molecule has 0 unspecified atom stereocenters. The van der Waals surface area contributed by atoms with E-state index >= 15 is 0 Å². The molecule has 0 saturated carbocycles. The van der Waals surface area contributed by atoms with Gasteiger partial charge < -0.3 is 26.0 Å². The molecule has 346 valence electrons. The maximum absolute atomic E-state index is 14.6. The minimum absolute atomic E-state index is 0.00339. The summed E-state index contributed by atoms with van der Waals surface area (Å²) in [6.45, 7) is 16.6. The van der Waals surface area contributed by atoms with Crippen LogP contribution >= 0.6 is 11.8 Å². The molecular weight excluding hydrogens is 875 g/mol. The Morgan fingerprint density at radius 1 is 0.766 bits per heavy atom. The number of benzene rings is 2. The molecule has 64 heavy (non-hydrogen) atoms. The number of carbonyl (C=O) groups is 4. The summed E-state index contributed by atoms with van der Waals surface area (Å²) in [7, 11) is -8.56. The van der Waals surface area contributed by atoms with Gasteiger partial charge in [0.25, 0.3) is 0 Å².